The molecule has 3 rings (SSSR count). The Labute approximate surface area is 149 Å². The molecule has 0 radical (unpaired) electrons. The quantitative estimate of drug-likeness (QED) is 0.737. The van der Waals surface area contributed by atoms with Gasteiger partial charge in [-0.2, -0.15) is 5.26 Å². The van der Waals surface area contributed by atoms with Crippen LogP contribution < -0.4 is 15.8 Å². The van der Waals surface area contributed by atoms with E-state index in [0.717, 1.165) is 23.4 Å². The summed E-state index contributed by atoms with van der Waals surface area (Å²) in [6.07, 6.45) is 0.927. The predicted octanol–water partition coefficient (Wildman–Crippen LogP) is 1.09. The Morgan fingerprint density at radius 3 is 2.72 bits per heavy atom. The molecule has 2 heterocycles. The van der Waals surface area contributed by atoms with Gasteiger partial charge in [-0.1, -0.05) is 12.1 Å². The fraction of sp³-hybridized carbons (Fsp3) is 0.250. The van der Waals surface area contributed by atoms with E-state index in [1.165, 1.54) is 23.5 Å². The average molecular weight is 376 g/mol. The molecular weight excluding hydrogens is 360 g/mol. The standard InChI is InChI=1S/C16H16N4O3S2/c17-8-12-13-9-19-6-5-14(13)24-16(12)20-15(21)7-10-1-3-11(4-2-10)25(18,22)23/h1-4,19H,5-7,9H2,(H,20,21)(H2,18,22,23). The van der Waals surface area contributed by atoms with Gasteiger partial charge in [0.2, 0.25) is 15.9 Å². The van der Waals surface area contributed by atoms with Crippen LogP contribution in [-0.2, 0) is 34.2 Å². The average Bonchev–Trinajstić information content (AvgIpc) is 2.91. The van der Waals surface area contributed by atoms with E-state index in [-0.39, 0.29) is 17.2 Å². The van der Waals surface area contributed by atoms with Crippen molar-refractivity contribution in [1.29, 1.82) is 5.26 Å². The summed E-state index contributed by atoms with van der Waals surface area (Å²) >= 11 is 1.44. The molecule has 1 aliphatic heterocycles. The number of hydrogen-bond donors (Lipinski definition) is 3. The van der Waals surface area contributed by atoms with Gasteiger partial charge in [-0.15, -0.1) is 11.3 Å². The number of nitriles is 1. The lowest BCUT2D eigenvalue weighted by Gasteiger charge is -2.11. The van der Waals surface area contributed by atoms with Gasteiger partial charge in [0.25, 0.3) is 0 Å². The van der Waals surface area contributed by atoms with Crippen LogP contribution in [0.25, 0.3) is 0 Å². The molecule has 0 saturated heterocycles. The number of anilines is 1. The molecule has 9 heteroatoms. The normalized spacial score (nSPS) is 13.8. The lowest BCUT2D eigenvalue weighted by Crippen LogP contribution is -2.22. The highest BCUT2D eigenvalue weighted by molar-refractivity contribution is 7.89. The summed E-state index contributed by atoms with van der Waals surface area (Å²) in [5.74, 6) is -0.258. The number of nitrogens with one attached hydrogen (secondary N) is 2. The second-order valence-corrected chi connectivity index (χ2v) is 8.33. The molecule has 1 amide bonds. The van der Waals surface area contributed by atoms with Crippen LogP contribution in [0.2, 0.25) is 0 Å². The molecule has 7 nitrogen and oxygen atoms in total. The van der Waals surface area contributed by atoms with E-state index in [2.05, 4.69) is 16.7 Å². The minimum Gasteiger partial charge on any atom is -0.316 e. The van der Waals surface area contributed by atoms with Crippen LogP contribution in [0.15, 0.2) is 29.2 Å². The molecular formula is C16H16N4O3S2. The molecule has 1 aromatic heterocycles. The third-order valence-corrected chi connectivity index (χ3v) is 6.04. The lowest BCUT2D eigenvalue weighted by atomic mass is 10.1. The molecule has 1 aromatic carbocycles. The molecule has 0 aliphatic carbocycles. The van der Waals surface area contributed by atoms with E-state index in [1.54, 1.807) is 12.1 Å². The first-order valence-electron chi connectivity index (χ1n) is 7.55. The van der Waals surface area contributed by atoms with E-state index in [0.29, 0.717) is 22.7 Å². The first-order chi connectivity index (χ1) is 11.9. The van der Waals surface area contributed by atoms with Crippen LogP contribution in [0.1, 0.15) is 21.6 Å². The van der Waals surface area contributed by atoms with Gasteiger partial charge in [0.15, 0.2) is 0 Å². The molecule has 0 fully saturated rings. The summed E-state index contributed by atoms with van der Waals surface area (Å²) < 4.78 is 22.5. The van der Waals surface area contributed by atoms with Gasteiger partial charge < -0.3 is 10.6 Å². The maximum atomic E-state index is 12.3. The fourth-order valence-electron chi connectivity index (χ4n) is 2.68. The molecule has 1 aliphatic rings. The molecule has 0 spiro atoms. The largest absolute Gasteiger partial charge is 0.316 e. The number of nitrogens with zero attached hydrogens (tertiary/aromatic N) is 1. The van der Waals surface area contributed by atoms with E-state index in [9.17, 15) is 18.5 Å². The highest BCUT2D eigenvalue weighted by Crippen LogP contribution is 2.34. The second-order valence-electron chi connectivity index (χ2n) is 5.66. The van der Waals surface area contributed by atoms with Crippen LogP contribution in [0.5, 0.6) is 0 Å². The number of thiophene rings is 1. The van der Waals surface area contributed by atoms with Crippen LogP contribution >= 0.6 is 11.3 Å². The number of carbonyl (C=O) groups is 1. The highest BCUT2D eigenvalue weighted by Gasteiger charge is 2.21. The number of hydrogen-bond acceptors (Lipinski definition) is 6. The van der Waals surface area contributed by atoms with Gasteiger partial charge >= 0.3 is 0 Å². The third-order valence-electron chi connectivity index (χ3n) is 3.90. The van der Waals surface area contributed by atoms with E-state index in [1.807, 2.05) is 0 Å². The van der Waals surface area contributed by atoms with E-state index in [4.69, 9.17) is 5.14 Å². The Kier molecular flexibility index (Phi) is 4.87. The van der Waals surface area contributed by atoms with Crippen molar-refractivity contribution in [1.82, 2.24) is 5.32 Å². The Bertz CT molecular complexity index is 957. The lowest BCUT2D eigenvalue weighted by molar-refractivity contribution is -0.115. The zero-order valence-electron chi connectivity index (χ0n) is 13.2. The van der Waals surface area contributed by atoms with Crippen molar-refractivity contribution in [2.24, 2.45) is 5.14 Å². The Hall–Kier alpha value is -2.25. The van der Waals surface area contributed by atoms with Crippen LogP contribution in [-0.4, -0.2) is 20.9 Å². The smallest absolute Gasteiger partial charge is 0.238 e. The molecule has 0 saturated carbocycles. The topological polar surface area (TPSA) is 125 Å². The highest BCUT2D eigenvalue weighted by atomic mass is 32.2. The van der Waals surface area contributed by atoms with E-state index >= 15 is 0 Å². The van der Waals surface area contributed by atoms with Gasteiger partial charge in [0.05, 0.1) is 16.9 Å². The predicted molar refractivity (Wildman–Crippen MR) is 94.6 cm³/mol. The van der Waals surface area contributed by atoms with Gasteiger partial charge in [0, 0.05) is 18.0 Å². The van der Waals surface area contributed by atoms with Crippen molar-refractivity contribution in [3.8, 4) is 6.07 Å². The Morgan fingerprint density at radius 1 is 1.36 bits per heavy atom. The van der Waals surface area contributed by atoms with Crippen molar-refractivity contribution in [3.05, 3.63) is 45.8 Å². The number of fused-ring (bicyclic) bond motifs is 1. The first kappa shape index (κ1) is 17.6. The van der Waals surface area contributed by atoms with Crippen LogP contribution in [0.4, 0.5) is 5.00 Å². The van der Waals surface area contributed by atoms with Crippen molar-refractivity contribution in [2.75, 3.05) is 11.9 Å². The summed E-state index contributed by atoms with van der Waals surface area (Å²) in [5, 5.41) is 21.0. The van der Waals surface area contributed by atoms with Gasteiger partial charge in [-0.25, -0.2) is 13.6 Å². The van der Waals surface area contributed by atoms with Gasteiger partial charge in [-0.05, 0) is 29.7 Å². The first-order valence-corrected chi connectivity index (χ1v) is 9.91. The SMILES string of the molecule is N#Cc1c(NC(=O)Cc2ccc(S(N)(=O)=O)cc2)sc2c1CNCC2. The van der Waals surface area contributed by atoms with Crippen LogP contribution in [0, 0.1) is 11.3 Å². The van der Waals surface area contributed by atoms with Crippen molar-refractivity contribution in [3.63, 3.8) is 0 Å². The van der Waals surface area contributed by atoms with E-state index < -0.39 is 10.0 Å². The van der Waals surface area contributed by atoms with Crippen molar-refractivity contribution >= 4 is 32.3 Å². The number of primary sulfonamides is 1. The van der Waals surface area contributed by atoms with Crippen LogP contribution in [0.3, 0.4) is 0 Å². The van der Waals surface area contributed by atoms with Crippen molar-refractivity contribution in [2.45, 2.75) is 24.3 Å². The summed E-state index contributed by atoms with van der Waals surface area (Å²) in [4.78, 5) is 13.4. The summed E-state index contributed by atoms with van der Waals surface area (Å²) in [6, 6.07) is 8.01. The maximum absolute atomic E-state index is 12.3. The molecule has 0 atom stereocenters. The summed E-state index contributed by atoms with van der Waals surface area (Å²) in [6.45, 7) is 1.50. The molecule has 4 N–H and O–H groups in total. The summed E-state index contributed by atoms with van der Waals surface area (Å²) in [5.41, 5.74) is 2.14. The third kappa shape index (κ3) is 3.88. The molecule has 0 unspecified atom stereocenters. The molecule has 130 valence electrons. The Balaban J connectivity index is 1.73. The maximum Gasteiger partial charge on any atom is 0.238 e. The van der Waals surface area contributed by atoms with Gasteiger partial charge in [-0.3, -0.25) is 4.79 Å². The number of rotatable bonds is 4. The number of amides is 1. The summed E-state index contributed by atoms with van der Waals surface area (Å²) in [7, 11) is -3.75. The number of sulfonamides is 1. The molecule has 25 heavy (non-hydrogen) atoms. The minimum atomic E-state index is -3.75. The molecule has 2 aromatic rings. The Morgan fingerprint density at radius 2 is 2.08 bits per heavy atom. The second kappa shape index (κ2) is 6.93. The minimum absolute atomic E-state index is 0.00172. The number of nitrogens with two attached hydrogens (primary N) is 1. The zero-order chi connectivity index (χ0) is 18.0. The number of carbonyl (C=O) groups excluding carboxylic acids is 1. The fourth-order valence-corrected chi connectivity index (χ4v) is 4.38. The van der Waals surface area contributed by atoms with Crippen molar-refractivity contribution < 1.29 is 13.2 Å². The monoisotopic (exact) mass is 376 g/mol. The number of benzene rings is 1. The zero-order valence-corrected chi connectivity index (χ0v) is 14.8. The molecule has 0 bridgehead atoms. The van der Waals surface area contributed by atoms with Gasteiger partial charge in [0.1, 0.15) is 11.1 Å².